The number of ether oxygens (including phenoxy) is 2. The van der Waals surface area contributed by atoms with E-state index in [0.29, 0.717) is 41.5 Å². The molecule has 3 aromatic carbocycles. The number of rotatable bonds is 9. The third-order valence-electron chi connectivity index (χ3n) is 4.81. The highest BCUT2D eigenvalue weighted by Crippen LogP contribution is 2.25. The molecular weight excluding hydrogens is 442 g/mol. The quantitative estimate of drug-likeness (QED) is 0.357. The van der Waals surface area contributed by atoms with Crippen LogP contribution in [0.1, 0.15) is 17.3 Å². The second-order valence-corrected chi connectivity index (χ2v) is 7.19. The molecule has 0 radical (unpaired) electrons. The van der Waals surface area contributed by atoms with Crippen LogP contribution in [0.5, 0.6) is 6.01 Å². The molecule has 0 aliphatic heterocycles. The van der Waals surface area contributed by atoms with Crippen LogP contribution < -0.4 is 10.1 Å². The van der Waals surface area contributed by atoms with Crippen molar-refractivity contribution in [2.24, 2.45) is 0 Å². The molecule has 1 N–H and O–H groups in total. The summed E-state index contributed by atoms with van der Waals surface area (Å²) >= 11 is 0. The number of carbonyl (C=O) groups excluding carboxylic acids is 1. The summed E-state index contributed by atoms with van der Waals surface area (Å²) in [6.07, 6.45) is 0. The van der Waals surface area contributed by atoms with Gasteiger partial charge < -0.3 is 14.8 Å². The van der Waals surface area contributed by atoms with Crippen molar-refractivity contribution in [2.45, 2.75) is 6.92 Å². The second kappa shape index (κ2) is 10.7. The van der Waals surface area contributed by atoms with Crippen LogP contribution in [-0.2, 0) is 4.74 Å². The molecule has 7 nitrogen and oxygen atoms in total. The second-order valence-electron chi connectivity index (χ2n) is 7.19. The van der Waals surface area contributed by atoms with Crippen LogP contribution in [-0.4, -0.2) is 40.5 Å². The van der Waals surface area contributed by atoms with E-state index in [0.717, 1.165) is 0 Å². The topological polar surface area (TPSA) is 78.3 Å². The molecule has 4 aromatic rings. The zero-order valence-corrected chi connectivity index (χ0v) is 18.4. The molecule has 9 heteroatoms. The molecule has 0 aliphatic rings. The van der Waals surface area contributed by atoms with E-state index in [1.54, 1.807) is 41.1 Å². The van der Waals surface area contributed by atoms with Crippen molar-refractivity contribution >= 4 is 11.6 Å². The van der Waals surface area contributed by atoms with Gasteiger partial charge in [-0.2, -0.15) is 4.98 Å². The number of anilines is 1. The zero-order chi connectivity index (χ0) is 23.9. The van der Waals surface area contributed by atoms with E-state index in [4.69, 9.17) is 9.47 Å². The van der Waals surface area contributed by atoms with Crippen LogP contribution in [0.15, 0.2) is 72.8 Å². The Hall–Kier alpha value is -4.11. The first-order valence-electron chi connectivity index (χ1n) is 10.6. The maximum Gasteiger partial charge on any atom is 0.336 e. The Morgan fingerprint density at radius 1 is 0.971 bits per heavy atom. The Balaban J connectivity index is 1.62. The van der Waals surface area contributed by atoms with Gasteiger partial charge in [0.25, 0.3) is 5.91 Å². The van der Waals surface area contributed by atoms with Crippen LogP contribution >= 0.6 is 0 Å². The van der Waals surface area contributed by atoms with E-state index in [1.807, 2.05) is 6.92 Å². The van der Waals surface area contributed by atoms with Gasteiger partial charge in [0.1, 0.15) is 18.2 Å². The van der Waals surface area contributed by atoms with Crippen LogP contribution in [0.2, 0.25) is 0 Å². The normalized spacial score (nSPS) is 10.8. The smallest absolute Gasteiger partial charge is 0.336 e. The number of aromatic nitrogens is 3. The average molecular weight is 464 g/mol. The summed E-state index contributed by atoms with van der Waals surface area (Å²) in [5.74, 6) is -0.728. The number of hydrogen-bond acceptors (Lipinski definition) is 5. The predicted molar refractivity (Wildman–Crippen MR) is 123 cm³/mol. The SMILES string of the molecule is CCOCCOc1nc(-c2ccc(F)cc2)n(-c2cccc(NC(=O)c3ccc(F)cc3)c2)n1. The number of nitrogens with zero attached hydrogens (tertiary/aromatic N) is 3. The number of benzene rings is 3. The first kappa shape index (κ1) is 23.1. The lowest BCUT2D eigenvalue weighted by atomic mass is 10.2. The lowest BCUT2D eigenvalue weighted by Gasteiger charge is -2.09. The molecule has 0 saturated heterocycles. The fraction of sp³-hybridized carbons (Fsp3) is 0.160. The number of halogens is 2. The van der Waals surface area contributed by atoms with Gasteiger partial charge >= 0.3 is 6.01 Å². The molecule has 0 saturated carbocycles. The summed E-state index contributed by atoms with van der Waals surface area (Å²) in [4.78, 5) is 17.0. The minimum Gasteiger partial charge on any atom is -0.460 e. The standard InChI is InChI=1S/C25H22F2N4O3/c1-2-33-14-15-34-25-29-23(17-6-10-19(26)11-7-17)31(30-25)22-5-3-4-21(16-22)28-24(32)18-8-12-20(27)13-9-18/h3-13,16H,2,14-15H2,1H3,(H,28,32). The van der Waals surface area contributed by atoms with Crippen molar-refractivity contribution < 1.29 is 23.0 Å². The predicted octanol–water partition coefficient (Wildman–Crippen LogP) is 4.88. The Kier molecular flexibility index (Phi) is 7.24. The van der Waals surface area contributed by atoms with Gasteiger partial charge in [0.2, 0.25) is 0 Å². The van der Waals surface area contributed by atoms with Crippen molar-refractivity contribution in [1.82, 2.24) is 14.8 Å². The summed E-state index contributed by atoms with van der Waals surface area (Å²) < 4.78 is 39.1. The molecule has 0 fully saturated rings. The number of amides is 1. The Morgan fingerprint density at radius 2 is 1.68 bits per heavy atom. The molecular formula is C25H22F2N4O3. The Bertz CT molecular complexity index is 1260. The van der Waals surface area contributed by atoms with Gasteiger partial charge in [-0.25, -0.2) is 13.5 Å². The molecule has 1 heterocycles. The fourth-order valence-corrected chi connectivity index (χ4v) is 3.18. The maximum atomic E-state index is 13.5. The van der Waals surface area contributed by atoms with Crippen molar-refractivity contribution in [2.75, 3.05) is 25.1 Å². The number of nitrogens with one attached hydrogen (secondary N) is 1. The van der Waals surface area contributed by atoms with E-state index in [9.17, 15) is 13.6 Å². The summed E-state index contributed by atoms with van der Waals surface area (Å²) in [6.45, 7) is 3.13. The van der Waals surface area contributed by atoms with Crippen molar-refractivity contribution in [1.29, 1.82) is 0 Å². The highest BCUT2D eigenvalue weighted by molar-refractivity contribution is 6.04. The fourth-order valence-electron chi connectivity index (χ4n) is 3.18. The van der Waals surface area contributed by atoms with E-state index in [-0.39, 0.29) is 24.3 Å². The molecule has 0 spiro atoms. The van der Waals surface area contributed by atoms with Crippen LogP contribution in [0.25, 0.3) is 17.1 Å². The number of carbonyl (C=O) groups is 1. The third kappa shape index (κ3) is 5.62. The molecule has 0 atom stereocenters. The minimum atomic E-state index is -0.419. The van der Waals surface area contributed by atoms with Gasteiger partial charge in [-0.15, -0.1) is 5.10 Å². The largest absolute Gasteiger partial charge is 0.460 e. The average Bonchev–Trinajstić information content (AvgIpc) is 3.27. The van der Waals surface area contributed by atoms with Gasteiger partial charge in [0.05, 0.1) is 12.3 Å². The Labute approximate surface area is 195 Å². The molecule has 0 bridgehead atoms. The summed E-state index contributed by atoms with van der Waals surface area (Å²) in [5.41, 5.74) is 2.06. The maximum absolute atomic E-state index is 13.5. The van der Waals surface area contributed by atoms with Gasteiger partial charge in [-0.05, 0) is 73.7 Å². The van der Waals surface area contributed by atoms with Crippen LogP contribution in [0.4, 0.5) is 14.5 Å². The molecule has 34 heavy (non-hydrogen) atoms. The molecule has 4 rings (SSSR count). The molecule has 174 valence electrons. The molecule has 1 amide bonds. The highest BCUT2D eigenvalue weighted by atomic mass is 19.1. The van der Waals surface area contributed by atoms with Gasteiger partial charge in [-0.3, -0.25) is 4.79 Å². The van der Waals surface area contributed by atoms with Crippen molar-refractivity contribution in [3.8, 4) is 23.1 Å². The summed E-state index contributed by atoms with van der Waals surface area (Å²) in [6, 6.07) is 18.2. The van der Waals surface area contributed by atoms with Gasteiger partial charge in [0, 0.05) is 23.4 Å². The van der Waals surface area contributed by atoms with E-state index in [1.165, 1.54) is 36.4 Å². The lowest BCUT2D eigenvalue weighted by molar-refractivity contribution is 0.102. The summed E-state index contributed by atoms with van der Waals surface area (Å²) in [7, 11) is 0. The first-order chi connectivity index (χ1) is 16.5. The van der Waals surface area contributed by atoms with E-state index in [2.05, 4.69) is 15.4 Å². The van der Waals surface area contributed by atoms with Crippen LogP contribution in [0, 0.1) is 11.6 Å². The zero-order valence-electron chi connectivity index (χ0n) is 18.4. The van der Waals surface area contributed by atoms with E-state index >= 15 is 0 Å². The Morgan fingerprint density at radius 3 is 2.38 bits per heavy atom. The van der Waals surface area contributed by atoms with E-state index < -0.39 is 5.82 Å². The lowest BCUT2D eigenvalue weighted by Crippen LogP contribution is -2.12. The van der Waals surface area contributed by atoms with Gasteiger partial charge in [-0.1, -0.05) is 6.07 Å². The summed E-state index contributed by atoms with van der Waals surface area (Å²) in [5, 5.41) is 7.23. The van der Waals surface area contributed by atoms with Crippen LogP contribution in [0.3, 0.4) is 0 Å². The first-order valence-corrected chi connectivity index (χ1v) is 10.6. The van der Waals surface area contributed by atoms with Gasteiger partial charge in [0.15, 0.2) is 5.82 Å². The number of hydrogen-bond donors (Lipinski definition) is 1. The third-order valence-corrected chi connectivity index (χ3v) is 4.81. The minimum absolute atomic E-state index is 0.139. The molecule has 1 aromatic heterocycles. The molecule has 0 unspecified atom stereocenters. The van der Waals surface area contributed by atoms with Crippen molar-refractivity contribution in [3.63, 3.8) is 0 Å². The molecule has 0 aliphatic carbocycles. The van der Waals surface area contributed by atoms with Crippen molar-refractivity contribution in [3.05, 3.63) is 90.0 Å². The highest BCUT2D eigenvalue weighted by Gasteiger charge is 2.16. The monoisotopic (exact) mass is 464 g/mol.